The predicted octanol–water partition coefficient (Wildman–Crippen LogP) is 4.79. The second-order valence-corrected chi connectivity index (χ2v) is 5.96. The Bertz CT molecular complexity index is 1010. The third-order valence-corrected chi connectivity index (χ3v) is 3.99. The first-order valence-electron chi connectivity index (χ1n) is 7.82. The van der Waals surface area contributed by atoms with Gasteiger partial charge in [-0.15, -0.1) is 0 Å². The summed E-state index contributed by atoms with van der Waals surface area (Å²) in [6, 6.07) is 17.3. The molecule has 136 valence electrons. The molecule has 27 heavy (non-hydrogen) atoms. The number of hydrogen-bond acceptors (Lipinski definition) is 6. The van der Waals surface area contributed by atoms with Crippen molar-refractivity contribution in [2.75, 3.05) is 11.1 Å². The summed E-state index contributed by atoms with van der Waals surface area (Å²) in [5.74, 6) is -0.338. The average molecular weight is 384 g/mol. The molecule has 0 saturated heterocycles. The molecule has 8 heteroatoms. The van der Waals surface area contributed by atoms with Gasteiger partial charge >= 0.3 is 5.97 Å². The van der Waals surface area contributed by atoms with Crippen molar-refractivity contribution < 1.29 is 14.5 Å². The van der Waals surface area contributed by atoms with Crippen LogP contribution in [0.2, 0.25) is 5.02 Å². The Kier molecular flexibility index (Phi) is 5.23. The van der Waals surface area contributed by atoms with Crippen molar-refractivity contribution in [2.24, 2.45) is 0 Å². The highest BCUT2D eigenvalue weighted by atomic mass is 35.5. The number of nitrogens with two attached hydrogens (primary N) is 1. The average Bonchev–Trinajstić information content (AvgIpc) is 2.65. The number of carbonyl (C=O) groups excluding carboxylic acids is 1. The number of esters is 1. The molecule has 0 fully saturated rings. The molecule has 0 aliphatic carbocycles. The van der Waals surface area contributed by atoms with Crippen LogP contribution in [0, 0.1) is 10.1 Å². The van der Waals surface area contributed by atoms with E-state index in [4.69, 9.17) is 22.1 Å². The van der Waals surface area contributed by atoms with E-state index < -0.39 is 10.9 Å². The van der Waals surface area contributed by atoms with Gasteiger partial charge in [0.15, 0.2) is 0 Å². The fraction of sp³-hybridized carbons (Fsp3) is 0. The summed E-state index contributed by atoms with van der Waals surface area (Å²) in [4.78, 5) is 23.1. The summed E-state index contributed by atoms with van der Waals surface area (Å²) >= 11 is 5.97. The lowest BCUT2D eigenvalue weighted by atomic mass is 10.1. The molecule has 0 heterocycles. The van der Waals surface area contributed by atoms with Crippen LogP contribution in [0.4, 0.5) is 22.7 Å². The van der Waals surface area contributed by atoms with Crippen molar-refractivity contribution in [2.45, 2.75) is 0 Å². The minimum absolute atomic E-state index is 0.0615. The van der Waals surface area contributed by atoms with Crippen LogP contribution in [0.5, 0.6) is 5.75 Å². The van der Waals surface area contributed by atoms with Crippen LogP contribution in [0.25, 0.3) is 0 Å². The zero-order valence-electron chi connectivity index (χ0n) is 13.9. The van der Waals surface area contributed by atoms with E-state index in [0.717, 1.165) is 6.07 Å². The van der Waals surface area contributed by atoms with Gasteiger partial charge in [-0.3, -0.25) is 10.1 Å². The Hall–Kier alpha value is -3.58. The van der Waals surface area contributed by atoms with Gasteiger partial charge in [0, 0.05) is 11.8 Å². The highest BCUT2D eigenvalue weighted by Gasteiger charge is 2.19. The molecule has 0 atom stereocenters. The number of nitrogens with one attached hydrogen (secondary N) is 1. The Labute approximate surface area is 159 Å². The van der Waals surface area contributed by atoms with Gasteiger partial charge in [-0.2, -0.15) is 0 Å². The number of nitrogen functional groups attached to an aromatic ring is 1. The van der Waals surface area contributed by atoms with Gasteiger partial charge in [0.2, 0.25) is 0 Å². The molecule has 7 nitrogen and oxygen atoms in total. The summed E-state index contributed by atoms with van der Waals surface area (Å²) in [6.07, 6.45) is 0. The minimum Gasteiger partial charge on any atom is -0.423 e. The summed E-state index contributed by atoms with van der Waals surface area (Å²) in [5, 5.41) is 14.7. The SMILES string of the molecule is Nc1ccc(Nc2ccc(C(=O)Oc3ccccc3)cc2[N+](=O)[O-])cc1Cl. The standard InChI is InChI=1S/C19H14ClN3O4/c20-15-11-13(7-8-16(15)21)22-17-9-6-12(10-18(17)23(25)26)19(24)27-14-4-2-1-3-5-14/h1-11,22H,21H2. The number of para-hydroxylation sites is 1. The van der Waals surface area contributed by atoms with Crippen LogP contribution in [-0.4, -0.2) is 10.9 Å². The third-order valence-electron chi connectivity index (χ3n) is 3.66. The number of hydrogen-bond donors (Lipinski definition) is 2. The summed E-state index contributed by atoms with van der Waals surface area (Å²) in [5.41, 5.74) is 6.58. The lowest BCUT2D eigenvalue weighted by Gasteiger charge is -2.10. The van der Waals surface area contributed by atoms with Crippen molar-refractivity contribution >= 4 is 40.3 Å². The second-order valence-electron chi connectivity index (χ2n) is 5.55. The monoisotopic (exact) mass is 383 g/mol. The third kappa shape index (κ3) is 4.34. The van der Waals surface area contributed by atoms with E-state index in [-0.39, 0.29) is 16.9 Å². The topological polar surface area (TPSA) is 107 Å². The number of benzene rings is 3. The first-order chi connectivity index (χ1) is 12.9. The number of anilines is 3. The van der Waals surface area contributed by atoms with Crippen LogP contribution in [-0.2, 0) is 0 Å². The van der Waals surface area contributed by atoms with Gasteiger partial charge in [0.05, 0.1) is 21.2 Å². The normalized spacial score (nSPS) is 10.3. The number of nitro groups is 1. The quantitative estimate of drug-likeness (QED) is 0.215. The Morgan fingerprint density at radius 2 is 1.81 bits per heavy atom. The van der Waals surface area contributed by atoms with Crippen molar-refractivity contribution in [1.29, 1.82) is 0 Å². The largest absolute Gasteiger partial charge is 0.423 e. The summed E-state index contributed by atoms with van der Waals surface area (Å²) in [7, 11) is 0. The lowest BCUT2D eigenvalue weighted by molar-refractivity contribution is -0.383. The van der Waals surface area contributed by atoms with Crippen LogP contribution >= 0.6 is 11.6 Å². The van der Waals surface area contributed by atoms with E-state index >= 15 is 0 Å². The fourth-order valence-corrected chi connectivity index (χ4v) is 2.51. The molecule has 0 spiro atoms. The first-order valence-corrected chi connectivity index (χ1v) is 8.19. The highest BCUT2D eigenvalue weighted by molar-refractivity contribution is 6.33. The Balaban J connectivity index is 1.87. The number of ether oxygens (including phenoxy) is 1. The Morgan fingerprint density at radius 3 is 2.48 bits per heavy atom. The van der Waals surface area contributed by atoms with E-state index in [0.29, 0.717) is 22.1 Å². The number of nitro benzene ring substituents is 1. The highest BCUT2D eigenvalue weighted by Crippen LogP contribution is 2.31. The fourth-order valence-electron chi connectivity index (χ4n) is 2.33. The lowest BCUT2D eigenvalue weighted by Crippen LogP contribution is -2.09. The van der Waals surface area contributed by atoms with Crippen LogP contribution in [0.3, 0.4) is 0 Å². The summed E-state index contributed by atoms with van der Waals surface area (Å²) in [6.45, 7) is 0. The van der Waals surface area contributed by atoms with Gasteiger partial charge in [0.25, 0.3) is 5.69 Å². The van der Waals surface area contributed by atoms with Gasteiger partial charge in [-0.05, 0) is 42.5 Å². The molecule has 3 N–H and O–H groups in total. The maximum absolute atomic E-state index is 12.2. The Morgan fingerprint density at radius 1 is 1.07 bits per heavy atom. The second kappa shape index (κ2) is 7.76. The molecular weight excluding hydrogens is 370 g/mol. The first kappa shape index (κ1) is 18.2. The predicted molar refractivity (Wildman–Crippen MR) is 104 cm³/mol. The van der Waals surface area contributed by atoms with Gasteiger partial charge in [0.1, 0.15) is 11.4 Å². The molecule has 0 aliphatic heterocycles. The van der Waals surface area contributed by atoms with Crippen molar-refractivity contribution in [3.63, 3.8) is 0 Å². The molecule has 3 aromatic rings. The molecule has 0 amide bonds. The minimum atomic E-state index is -0.689. The van der Waals surface area contributed by atoms with Gasteiger partial charge < -0.3 is 15.8 Å². The molecule has 0 radical (unpaired) electrons. The maximum atomic E-state index is 12.2. The van der Waals surface area contributed by atoms with Crippen molar-refractivity contribution in [3.05, 3.63) is 87.4 Å². The van der Waals surface area contributed by atoms with E-state index in [1.54, 1.807) is 48.5 Å². The number of carbonyl (C=O) groups is 1. The van der Waals surface area contributed by atoms with Crippen LogP contribution in [0.1, 0.15) is 10.4 Å². The molecule has 3 aromatic carbocycles. The smallest absolute Gasteiger partial charge is 0.343 e. The molecule has 0 unspecified atom stereocenters. The zero-order chi connectivity index (χ0) is 19.4. The molecule has 3 rings (SSSR count). The summed E-state index contributed by atoms with van der Waals surface area (Å²) < 4.78 is 5.21. The van der Waals surface area contributed by atoms with E-state index in [2.05, 4.69) is 5.32 Å². The van der Waals surface area contributed by atoms with E-state index in [9.17, 15) is 14.9 Å². The maximum Gasteiger partial charge on any atom is 0.343 e. The number of rotatable bonds is 5. The molecule has 0 aliphatic rings. The molecule has 0 aromatic heterocycles. The van der Waals surface area contributed by atoms with E-state index in [1.165, 1.54) is 12.1 Å². The zero-order valence-corrected chi connectivity index (χ0v) is 14.6. The van der Waals surface area contributed by atoms with E-state index in [1.807, 2.05) is 0 Å². The molecular formula is C19H14ClN3O4. The van der Waals surface area contributed by atoms with Gasteiger partial charge in [-0.25, -0.2) is 4.79 Å². The molecule has 0 saturated carbocycles. The van der Waals surface area contributed by atoms with Crippen LogP contribution < -0.4 is 15.8 Å². The van der Waals surface area contributed by atoms with Gasteiger partial charge in [-0.1, -0.05) is 29.8 Å². The van der Waals surface area contributed by atoms with Crippen LogP contribution in [0.15, 0.2) is 66.7 Å². The van der Waals surface area contributed by atoms with Crippen molar-refractivity contribution in [3.8, 4) is 5.75 Å². The number of halogens is 1. The molecule has 0 bridgehead atoms. The van der Waals surface area contributed by atoms with Crippen molar-refractivity contribution in [1.82, 2.24) is 0 Å². The number of nitrogens with zero attached hydrogens (tertiary/aromatic N) is 1.